The molecule has 122 valence electrons. The first-order valence-corrected chi connectivity index (χ1v) is 8.71. The van der Waals surface area contributed by atoms with E-state index in [2.05, 4.69) is 17.1 Å². The number of piperidine rings is 1. The Kier molecular flexibility index (Phi) is 6.49. The summed E-state index contributed by atoms with van der Waals surface area (Å²) in [6.07, 6.45) is 7.73. The second-order valence-electron chi connectivity index (χ2n) is 6.77. The molecule has 0 atom stereocenters. The molecule has 2 rings (SSSR count). The predicted octanol–water partition coefficient (Wildman–Crippen LogP) is 2.43. The highest BCUT2D eigenvalue weighted by atomic mass is 16.5. The van der Waals surface area contributed by atoms with Crippen molar-refractivity contribution in [1.82, 2.24) is 10.2 Å². The summed E-state index contributed by atoms with van der Waals surface area (Å²) in [4.78, 5) is 15.1. The Bertz CT molecular complexity index is 319. The Morgan fingerprint density at radius 3 is 2.52 bits per heavy atom. The second-order valence-corrected chi connectivity index (χ2v) is 6.77. The maximum Gasteiger partial charge on any atom is 0.228 e. The molecule has 4 heteroatoms. The van der Waals surface area contributed by atoms with Gasteiger partial charge in [-0.05, 0) is 51.1 Å². The molecule has 1 saturated carbocycles. The third kappa shape index (κ3) is 4.19. The lowest BCUT2D eigenvalue weighted by atomic mass is 9.80. The zero-order valence-corrected chi connectivity index (χ0v) is 13.8. The van der Waals surface area contributed by atoms with E-state index in [9.17, 15) is 4.79 Å². The molecule has 0 aromatic heterocycles. The molecule has 21 heavy (non-hydrogen) atoms. The topological polar surface area (TPSA) is 41.6 Å². The number of carbonyl (C=O) groups is 1. The molecule has 4 nitrogen and oxygen atoms in total. The number of rotatable bonds is 7. The van der Waals surface area contributed by atoms with Gasteiger partial charge in [-0.1, -0.05) is 19.8 Å². The highest BCUT2D eigenvalue weighted by molar-refractivity contribution is 5.83. The van der Waals surface area contributed by atoms with E-state index >= 15 is 0 Å². The van der Waals surface area contributed by atoms with Crippen molar-refractivity contribution in [3.05, 3.63) is 0 Å². The van der Waals surface area contributed by atoms with Gasteiger partial charge in [0, 0.05) is 26.8 Å². The lowest BCUT2D eigenvalue weighted by molar-refractivity contribution is -0.144. The van der Waals surface area contributed by atoms with Crippen molar-refractivity contribution in [3.63, 3.8) is 0 Å². The standard InChI is InChI=1S/C17H32N2O2/c1-3-18-14-15-6-11-19(12-7-15)16(20)17(10-13-21-2)8-4-5-9-17/h15,18H,3-14H2,1-2H3. The van der Waals surface area contributed by atoms with E-state index < -0.39 is 0 Å². The summed E-state index contributed by atoms with van der Waals surface area (Å²) in [6.45, 7) is 6.90. The highest BCUT2D eigenvalue weighted by Crippen LogP contribution is 2.43. The SMILES string of the molecule is CCNCC1CCN(C(=O)C2(CCOC)CCCC2)CC1. The molecule has 0 spiro atoms. The van der Waals surface area contributed by atoms with E-state index in [-0.39, 0.29) is 5.41 Å². The number of hydrogen-bond acceptors (Lipinski definition) is 3. The second kappa shape index (κ2) is 8.14. The summed E-state index contributed by atoms with van der Waals surface area (Å²) >= 11 is 0. The van der Waals surface area contributed by atoms with Crippen LogP contribution in [0.5, 0.6) is 0 Å². The number of likely N-dealkylation sites (tertiary alicyclic amines) is 1. The van der Waals surface area contributed by atoms with Crippen LogP contribution in [0.2, 0.25) is 0 Å². The Hall–Kier alpha value is -0.610. The molecule has 1 heterocycles. The zero-order valence-electron chi connectivity index (χ0n) is 13.8. The minimum Gasteiger partial charge on any atom is -0.385 e. The summed E-state index contributed by atoms with van der Waals surface area (Å²) in [5, 5.41) is 3.43. The van der Waals surface area contributed by atoms with Gasteiger partial charge in [-0.2, -0.15) is 0 Å². The van der Waals surface area contributed by atoms with E-state index in [1.165, 1.54) is 12.8 Å². The Labute approximate surface area is 129 Å². The summed E-state index contributed by atoms with van der Waals surface area (Å²) in [5.74, 6) is 1.16. The van der Waals surface area contributed by atoms with Crippen molar-refractivity contribution in [1.29, 1.82) is 0 Å². The van der Waals surface area contributed by atoms with Crippen molar-refractivity contribution in [2.75, 3.05) is 39.9 Å². The molecule has 2 fully saturated rings. The molecule has 0 bridgehead atoms. The lowest BCUT2D eigenvalue weighted by Gasteiger charge is -2.38. The smallest absolute Gasteiger partial charge is 0.228 e. The van der Waals surface area contributed by atoms with Crippen LogP contribution in [0.3, 0.4) is 0 Å². The van der Waals surface area contributed by atoms with E-state index in [1.807, 2.05) is 0 Å². The van der Waals surface area contributed by atoms with Crippen molar-refractivity contribution < 1.29 is 9.53 Å². The molecule has 1 aliphatic heterocycles. The first-order valence-electron chi connectivity index (χ1n) is 8.71. The summed E-state index contributed by atoms with van der Waals surface area (Å²) in [7, 11) is 1.74. The van der Waals surface area contributed by atoms with Gasteiger partial charge >= 0.3 is 0 Å². The molecule has 0 unspecified atom stereocenters. The van der Waals surface area contributed by atoms with Crippen LogP contribution in [0, 0.1) is 11.3 Å². The first-order chi connectivity index (χ1) is 10.2. The van der Waals surface area contributed by atoms with Gasteiger partial charge < -0.3 is 15.0 Å². The van der Waals surface area contributed by atoms with E-state index in [4.69, 9.17) is 4.74 Å². The third-order valence-corrected chi connectivity index (χ3v) is 5.38. The molecule has 0 aromatic carbocycles. The van der Waals surface area contributed by atoms with Gasteiger partial charge in [0.1, 0.15) is 0 Å². The minimum atomic E-state index is -0.107. The maximum atomic E-state index is 13.0. The zero-order chi connectivity index (χ0) is 15.1. The van der Waals surface area contributed by atoms with Gasteiger partial charge in [-0.25, -0.2) is 0 Å². The van der Waals surface area contributed by atoms with E-state index in [1.54, 1.807) is 7.11 Å². The average molecular weight is 296 g/mol. The van der Waals surface area contributed by atoms with E-state index in [0.29, 0.717) is 12.5 Å². The number of amides is 1. The van der Waals surface area contributed by atoms with Gasteiger partial charge in [0.25, 0.3) is 0 Å². The number of hydrogen-bond donors (Lipinski definition) is 1. The van der Waals surface area contributed by atoms with E-state index in [0.717, 1.165) is 64.2 Å². The molecule has 2 aliphatic rings. The molecule has 0 aromatic rings. The summed E-state index contributed by atoms with van der Waals surface area (Å²) in [5.41, 5.74) is -0.107. The van der Waals surface area contributed by atoms with Crippen LogP contribution in [-0.2, 0) is 9.53 Å². The van der Waals surface area contributed by atoms with Crippen LogP contribution >= 0.6 is 0 Å². The summed E-state index contributed by atoms with van der Waals surface area (Å²) < 4.78 is 5.25. The quantitative estimate of drug-likeness (QED) is 0.784. The Morgan fingerprint density at radius 1 is 1.29 bits per heavy atom. The van der Waals surface area contributed by atoms with Gasteiger partial charge in [0.15, 0.2) is 0 Å². The van der Waals surface area contributed by atoms with Crippen molar-refractivity contribution in [2.45, 2.75) is 51.9 Å². The van der Waals surface area contributed by atoms with Crippen LogP contribution in [0.25, 0.3) is 0 Å². The largest absolute Gasteiger partial charge is 0.385 e. The normalized spacial score (nSPS) is 22.7. The number of nitrogens with zero attached hydrogens (tertiary/aromatic N) is 1. The van der Waals surface area contributed by atoms with Gasteiger partial charge in [-0.3, -0.25) is 4.79 Å². The molecular formula is C17H32N2O2. The minimum absolute atomic E-state index is 0.107. The highest BCUT2D eigenvalue weighted by Gasteiger charge is 2.43. The third-order valence-electron chi connectivity index (χ3n) is 5.38. The number of ether oxygens (including phenoxy) is 1. The van der Waals surface area contributed by atoms with Crippen LogP contribution in [-0.4, -0.2) is 50.7 Å². The molecule has 1 N–H and O–H groups in total. The van der Waals surface area contributed by atoms with Crippen LogP contribution < -0.4 is 5.32 Å². The number of carbonyl (C=O) groups excluding carboxylic acids is 1. The number of methoxy groups -OCH3 is 1. The average Bonchev–Trinajstić information content (AvgIpc) is 3.01. The maximum absolute atomic E-state index is 13.0. The van der Waals surface area contributed by atoms with Crippen molar-refractivity contribution >= 4 is 5.91 Å². The van der Waals surface area contributed by atoms with Gasteiger partial charge in [-0.15, -0.1) is 0 Å². The lowest BCUT2D eigenvalue weighted by Crippen LogP contribution is -2.47. The fourth-order valence-electron chi connectivity index (χ4n) is 3.94. The molecule has 1 saturated heterocycles. The van der Waals surface area contributed by atoms with Gasteiger partial charge in [0.2, 0.25) is 5.91 Å². The summed E-state index contributed by atoms with van der Waals surface area (Å²) in [6, 6.07) is 0. The van der Waals surface area contributed by atoms with Crippen LogP contribution in [0.1, 0.15) is 51.9 Å². The monoisotopic (exact) mass is 296 g/mol. The Morgan fingerprint density at radius 2 is 1.95 bits per heavy atom. The molecule has 1 amide bonds. The molecule has 1 aliphatic carbocycles. The Balaban J connectivity index is 1.87. The number of nitrogens with one attached hydrogen (secondary N) is 1. The fourth-order valence-corrected chi connectivity index (χ4v) is 3.94. The first kappa shape index (κ1) is 16.8. The fraction of sp³-hybridized carbons (Fsp3) is 0.941. The van der Waals surface area contributed by atoms with Crippen molar-refractivity contribution in [3.8, 4) is 0 Å². The van der Waals surface area contributed by atoms with Gasteiger partial charge in [0.05, 0.1) is 5.41 Å². The molecular weight excluding hydrogens is 264 g/mol. The van der Waals surface area contributed by atoms with Crippen LogP contribution in [0.15, 0.2) is 0 Å². The van der Waals surface area contributed by atoms with Crippen LogP contribution in [0.4, 0.5) is 0 Å². The predicted molar refractivity (Wildman–Crippen MR) is 85.2 cm³/mol. The molecule has 0 radical (unpaired) electrons. The van der Waals surface area contributed by atoms with Crippen molar-refractivity contribution in [2.24, 2.45) is 11.3 Å².